The van der Waals surface area contributed by atoms with Gasteiger partial charge in [-0.1, -0.05) is 42.5 Å². The fourth-order valence-corrected chi connectivity index (χ4v) is 3.97. The third kappa shape index (κ3) is 6.82. The highest BCUT2D eigenvalue weighted by molar-refractivity contribution is 7.89. The van der Waals surface area contributed by atoms with Crippen LogP contribution < -0.4 is 10.0 Å². The van der Waals surface area contributed by atoms with Crippen molar-refractivity contribution >= 4 is 15.9 Å². The van der Waals surface area contributed by atoms with E-state index in [4.69, 9.17) is 0 Å². The standard InChI is InChI=1S/C22H26N4O3S/c27-22(24-13-4-15-26-16-14-23-18-26)12-9-19-7-10-21(11-8-19)30(28,29)25-17-20-5-2-1-3-6-20/h1-3,5-8,10-11,14,16,18,25H,4,9,12-13,15,17H2,(H,24,27). The molecule has 0 aliphatic carbocycles. The second-order valence-electron chi connectivity index (χ2n) is 6.96. The molecule has 0 aliphatic heterocycles. The molecule has 158 valence electrons. The van der Waals surface area contributed by atoms with Gasteiger partial charge in [0.1, 0.15) is 0 Å². The Balaban J connectivity index is 1.40. The number of sulfonamides is 1. The summed E-state index contributed by atoms with van der Waals surface area (Å²) in [6.45, 7) is 1.67. The van der Waals surface area contributed by atoms with Crippen molar-refractivity contribution in [1.29, 1.82) is 0 Å². The number of imidazole rings is 1. The van der Waals surface area contributed by atoms with Crippen LogP contribution in [0.3, 0.4) is 0 Å². The number of carbonyl (C=O) groups is 1. The van der Waals surface area contributed by atoms with Gasteiger partial charge < -0.3 is 9.88 Å². The van der Waals surface area contributed by atoms with E-state index in [0.717, 1.165) is 24.1 Å². The molecule has 2 aromatic carbocycles. The average Bonchev–Trinajstić information content (AvgIpc) is 3.29. The zero-order valence-electron chi connectivity index (χ0n) is 16.7. The van der Waals surface area contributed by atoms with Gasteiger partial charge in [0.05, 0.1) is 11.2 Å². The van der Waals surface area contributed by atoms with E-state index >= 15 is 0 Å². The number of hydrogen-bond donors (Lipinski definition) is 2. The van der Waals surface area contributed by atoms with Crippen LogP contribution in [0.25, 0.3) is 0 Å². The molecular formula is C22H26N4O3S. The number of amides is 1. The molecule has 0 fully saturated rings. The van der Waals surface area contributed by atoms with E-state index in [1.165, 1.54) is 0 Å². The van der Waals surface area contributed by atoms with E-state index in [1.54, 1.807) is 36.8 Å². The van der Waals surface area contributed by atoms with Crippen LogP contribution in [0.1, 0.15) is 24.0 Å². The van der Waals surface area contributed by atoms with Gasteiger partial charge in [-0.05, 0) is 36.1 Å². The van der Waals surface area contributed by atoms with Crippen LogP contribution >= 0.6 is 0 Å². The van der Waals surface area contributed by atoms with Crippen LogP contribution in [0.4, 0.5) is 0 Å². The molecule has 0 aliphatic rings. The van der Waals surface area contributed by atoms with E-state index in [-0.39, 0.29) is 17.3 Å². The van der Waals surface area contributed by atoms with E-state index in [1.807, 2.05) is 41.1 Å². The number of aromatic nitrogens is 2. The smallest absolute Gasteiger partial charge is 0.240 e. The number of hydrogen-bond acceptors (Lipinski definition) is 4. The zero-order valence-corrected chi connectivity index (χ0v) is 17.5. The Kier molecular flexibility index (Phi) is 7.75. The topological polar surface area (TPSA) is 93.1 Å². The quantitative estimate of drug-likeness (QED) is 0.461. The summed E-state index contributed by atoms with van der Waals surface area (Å²) in [6, 6.07) is 16.0. The van der Waals surface area contributed by atoms with Crippen molar-refractivity contribution in [2.45, 2.75) is 37.2 Å². The molecule has 0 saturated heterocycles. The summed E-state index contributed by atoms with van der Waals surface area (Å²) < 4.78 is 29.4. The Bertz CT molecular complexity index is 1020. The van der Waals surface area contributed by atoms with Crippen LogP contribution in [0, 0.1) is 0 Å². The van der Waals surface area contributed by atoms with E-state index in [2.05, 4.69) is 15.0 Å². The van der Waals surface area contributed by atoms with E-state index in [0.29, 0.717) is 19.4 Å². The van der Waals surface area contributed by atoms with Gasteiger partial charge in [0.15, 0.2) is 0 Å². The normalized spacial score (nSPS) is 11.3. The molecule has 1 amide bonds. The maximum atomic E-state index is 12.4. The minimum Gasteiger partial charge on any atom is -0.356 e. The maximum absolute atomic E-state index is 12.4. The first kappa shape index (κ1) is 21.7. The second kappa shape index (κ2) is 10.7. The monoisotopic (exact) mass is 426 g/mol. The first-order valence-corrected chi connectivity index (χ1v) is 11.4. The van der Waals surface area contributed by atoms with Gasteiger partial charge in [-0.15, -0.1) is 0 Å². The van der Waals surface area contributed by atoms with Crippen molar-refractivity contribution in [3.63, 3.8) is 0 Å². The Morgan fingerprint density at radius 3 is 2.47 bits per heavy atom. The first-order chi connectivity index (χ1) is 14.5. The second-order valence-corrected chi connectivity index (χ2v) is 8.73. The number of nitrogens with one attached hydrogen (secondary N) is 2. The van der Waals surface area contributed by atoms with Crippen LogP contribution in [0.2, 0.25) is 0 Å². The van der Waals surface area contributed by atoms with Crippen LogP contribution in [0.15, 0.2) is 78.2 Å². The summed E-state index contributed by atoms with van der Waals surface area (Å²) in [6.07, 6.45) is 7.14. The highest BCUT2D eigenvalue weighted by atomic mass is 32.2. The predicted octanol–water partition coefficient (Wildman–Crippen LogP) is 2.50. The molecule has 0 bridgehead atoms. The van der Waals surface area contributed by atoms with Crippen LogP contribution in [0.5, 0.6) is 0 Å². The van der Waals surface area contributed by atoms with Gasteiger partial charge in [0.2, 0.25) is 15.9 Å². The molecule has 3 aromatic rings. The van der Waals surface area contributed by atoms with Crippen LogP contribution in [-0.4, -0.2) is 30.4 Å². The molecule has 1 heterocycles. The molecular weight excluding hydrogens is 400 g/mol. The Morgan fingerprint density at radius 2 is 1.77 bits per heavy atom. The average molecular weight is 427 g/mol. The van der Waals surface area contributed by atoms with Crippen molar-refractivity contribution in [3.8, 4) is 0 Å². The Hall–Kier alpha value is -2.97. The SMILES string of the molecule is O=C(CCc1ccc(S(=O)(=O)NCc2ccccc2)cc1)NCCCn1ccnc1. The lowest BCUT2D eigenvalue weighted by molar-refractivity contribution is -0.121. The van der Waals surface area contributed by atoms with Gasteiger partial charge >= 0.3 is 0 Å². The fourth-order valence-electron chi connectivity index (χ4n) is 2.95. The van der Waals surface area contributed by atoms with Gasteiger partial charge in [-0.25, -0.2) is 18.1 Å². The third-order valence-electron chi connectivity index (χ3n) is 4.66. The number of rotatable bonds is 11. The number of nitrogens with zero attached hydrogens (tertiary/aromatic N) is 2. The molecule has 1 aromatic heterocycles. The summed E-state index contributed by atoms with van der Waals surface area (Å²) >= 11 is 0. The first-order valence-electron chi connectivity index (χ1n) is 9.88. The van der Waals surface area contributed by atoms with E-state index in [9.17, 15) is 13.2 Å². The van der Waals surface area contributed by atoms with Crippen molar-refractivity contribution in [3.05, 3.63) is 84.4 Å². The highest BCUT2D eigenvalue weighted by Crippen LogP contribution is 2.12. The van der Waals surface area contributed by atoms with Crippen LogP contribution in [-0.2, 0) is 34.3 Å². The van der Waals surface area contributed by atoms with Crippen molar-refractivity contribution in [2.75, 3.05) is 6.54 Å². The molecule has 7 nitrogen and oxygen atoms in total. The molecule has 0 unspecified atom stereocenters. The molecule has 0 atom stereocenters. The summed E-state index contributed by atoms with van der Waals surface area (Å²) in [5.74, 6) is -0.0122. The molecule has 3 rings (SSSR count). The van der Waals surface area contributed by atoms with Gasteiger partial charge in [-0.3, -0.25) is 4.79 Å². The number of aryl methyl sites for hydroxylation is 2. The lowest BCUT2D eigenvalue weighted by Gasteiger charge is -2.08. The molecule has 0 radical (unpaired) electrons. The minimum absolute atomic E-state index is 0.0122. The summed E-state index contributed by atoms with van der Waals surface area (Å²) in [5, 5.41) is 2.90. The molecule has 0 spiro atoms. The summed E-state index contributed by atoms with van der Waals surface area (Å²) in [5.41, 5.74) is 1.82. The van der Waals surface area contributed by atoms with Crippen molar-refractivity contribution in [1.82, 2.24) is 19.6 Å². The van der Waals surface area contributed by atoms with Crippen molar-refractivity contribution in [2.24, 2.45) is 0 Å². The zero-order chi connectivity index (χ0) is 21.2. The lowest BCUT2D eigenvalue weighted by atomic mass is 10.1. The Morgan fingerprint density at radius 1 is 1.00 bits per heavy atom. The fraction of sp³-hybridized carbons (Fsp3) is 0.273. The minimum atomic E-state index is -3.58. The molecule has 0 saturated carbocycles. The molecule has 2 N–H and O–H groups in total. The van der Waals surface area contributed by atoms with Crippen molar-refractivity contribution < 1.29 is 13.2 Å². The number of benzene rings is 2. The summed E-state index contributed by atoms with van der Waals surface area (Å²) in [4.78, 5) is 16.2. The van der Waals surface area contributed by atoms with Gasteiger partial charge in [-0.2, -0.15) is 0 Å². The highest BCUT2D eigenvalue weighted by Gasteiger charge is 2.13. The Labute approximate surface area is 177 Å². The lowest BCUT2D eigenvalue weighted by Crippen LogP contribution is -2.25. The number of carbonyl (C=O) groups excluding carboxylic acids is 1. The van der Waals surface area contributed by atoms with Gasteiger partial charge in [0.25, 0.3) is 0 Å². The molecule has 8 heteroatoms. The van der Waals surface area contributed by atoms with Gasteiger partial charge in [0, 0.05) is 38.4 Å². The third-order valence-corrected chi connectivity index (χ3v) is 6.08. The van der Waals surface area contributed by atoms with E-state index < -0.39 is 10.0 Å². The summed E-state index contributed by atoms with van der Waals surface area (Å²) in [7, 11) is -3.58. The largest absolute Gasteiger partial charge is 0.356 e. The maximum Gasteiger partial charge on any atom is 0.240 e. The molecule has 30 heavy (non-hydrogen) atoms. The predicted molar refractivity (Wildman–Crippen MR) is 115 cm³/mol.